The van der Waals surface area contributed by atoms with Crippen molar-refractivity contribution in [1.29, 1.82) is 0 Å². The minimum atomic E-state index is -1.07. The van der Waals surface area contributed by atoms with Gasteiger partial charge in [0.05, 0.1) is 13.0 Å². The van der Waals surface area contributed by atoms with Crippen LogP contribution in [-0.4, -0.2) is 34.4 Å². The predicted molar refractivity (Wildman–Crippen MR) is 87.5 cm³/mol. The molecule has 6 nitrogen and oxygen atoms in total. The number of aromatic nitrogens is 3. The predicted octanol–water partition coefficient (Wildman–Crippen LogP) is 3.07. The van der Waals surface area contributed by atoms with E-state index in [1.165, 1.54) is 13.2 Å². The van der Waals surface area contributed by atoms with Crippen molar-refractivity contribution in [3.8, 4) is 17.0 Å². The summed E-state index contributed by atoms with van der Waals surface area (Å²) in [7, 11) is 1.39. The van der Waals surface area contributed by atoms with Crippen LogP contribution in [0.3, 0.4) is 0 Å². The molecule has 0 aliphatic heterocycles. The normalized spacial score (nSPS) is 19.0. The maximum absolute atomic E-state index is 13.9. The highest BCUT2D eigenvalue weighted by atomic mass is 19.1. The number of carbonyl (C=O) groups excluding carboxylic acids is 1. The number of aromatic amines is 1. The number of hydrogen-bond acceptors (Lipinski definition) is 4. The molecule has 2 aromatic heterocycles. The molecule has 3 aromatic rings. The summed E-state index contributed by atoms with van der Waals surface area (Å²) in [5.41, 5.74) is 1.40. The fraction of sp³-hybridized carbons (Fsp3) is 0.235. The summed E-state index contributed by atoms with van der Waals surface area (Å²) in [6, 6.07) is 7.88. The standard InChI is InChI=1S/C17H14F2N4O2/c1-25-15-8(3-2-4-11(15)18)14-9-5-6-13(20-16(9)23-22-14)21-17(24)10-7-12(10)19/h2-6,10,12H,7H2,1H3,(H2,20,21,22,23,24)/t10-,12+/m1/s1. The third kappa shape index (κ3) is 2.69. The first-order chi connectivity index (χ1) is 12.1. The first-order valence-electron chi connectivity index (χ1n) is 7.71. The summed E-state index contributed by atoms with van der Waals surface area (Å²) < 4.78 is 32.0. The Hall–Kier alpha value is -3.03. The molecule has 4 rings (SSSR count). The van der Waals surface area contributed by atoms with Crippen molar-refractivity contribution >= 4 is 22.8 Å². The molecule has 0 radical (unpaired) electrons. The highest BCUT2D eigenvalue weighted by molar-refractivity contribution is 5.97. The Balaban J connectivity index is 1.69. The summed E-state index contributed by atoms with van der Waals surface area (Å²) >= 11 is 0. The number of fused-ring (bicyclic) bond motifs is 1. The minimum Gasteiger partial charge on any atom is -0.493 e. The van der Waals surface area contributed by atoms with Crippen molar-refractivity contribution in [2.75, 3.05) is 12.4 Å². The molecule has 25 heavy (non-hydrogen) atoms. The van der Waals surface area contributed by atoms with Gasteiger partial charge >= 0.3 is 0 Å². The van der Waals surface area contributed by atoms with Gasteiger partial charge < -0.3 is 10.1 Å². The van der Waals surface area contributed by atoms with Crippen LogP contribution in [0.25, 0.3) is 22.3 Å². The Bertz CT molecular complexity index is 972. The van der Waals surface area contributed by atoms with Crippen LogP contribution in [0.1, 0.15) is 6.42 Å². The summed E-state index contributed by atoms with van der Waals surface area (Å²) in [6.07, 6.45) is -0.815. The van der Waals surface area contributed by atoms with Crippen molar-refractivity contribution in [2.24, 2.45) is 5.92 Å². The van der Waals surface area contributed by atoms with Crippen LogP contribution in [0, 0.1) is 11.7 Å². The lowest BCUT2D eigenvalue weighted by Gasteiger charge is -2.07. The van der Waals surface area contributed by atoms with Gasteiger partial charge in [0.1, 0.15) is 17.7 Å². The average molecular weight is 344 g/mol. The Morgan fingerprint density at radius 3 is 2.88 bits per heavy atom. The molecule has 2 atom stereocenters. The molecule has 0 saturated heterocycles. The van der Waals surface area contributed by atoms with E-state index in [4.69, 9.17) is 4.74 Å². The zero-order valence-corrected chi connectivity index (χ0v) is 13.2. The van der Waals surface area contributed by atoms with Crippen LogP contribution in [0.5, 0.6) is 5.75 Å². The Morgan fingerprint density at radius 2 is 2.16 bits per heavy atom. The molecule has 2 N–H and O–H groups in total. The van der Waals surface area contributed by atoms with Crippen molar-refractivity contribution in [2.45, 2.75) is 12.6 Å². The number of H-pyrrole nitrogens is 1. The van der Waals surface area contributed by atoms with Gasteiger partial charge in [0, 0.05) is 10.9 Å². The molecular formula is C17H14F2N4O2. The Labute approximate surface area is 141 Å². The number of pyridine rings is 1. The smallest absolute Gasteiger partial charge is 0.231 e. The lowest BCUT2D eigenvalue weighted by Crippen LogP contribution is -2.15. The number of hydrogen-bond donors (Lipinski definition) is 2. The first kappa shape index (κ1) is 15.5. The summed E-state index contributed by atoms with van der Waals surface area (Å²) in [6.45, 7) is 0. The van der Waals surface area contributed by atoms with Crippen molar-refractivity contribution in [3.63, 3.8) is 0 Å². The number of rotatable bonds is 4. The van der Waals surface area contributed by atoms with Gasteiger partial charge in [-0.25, -0.2) is 13.8 Å². The van der Waals surface area contributed by atoms with E-state index in [9.17, 15) is 13.6 Å². The second-order valence-corrected chi connectivity index (χ2v) is 5.83. The van der Waals surface area contributed by atoms with Gasteiger partial charge in [-0.2, -0.15) is 5.10 Å². The second-order valence-electron chi connectivity index (χ2n) is 5.83. The lowest BCUT2D eigenvalue weighted by molar-refractivity contribution is -0.117. The van der Waals surface area contributed by atoms with E-state index < -0.39 is 17.9 Å². The van der Waals surface area contributed by atoms with Crippen molar-refractivity contribution in [3.05, 3.63) is 36.1 Å². The van der Waals surface area contributed by atoms with E-state index in [0.717, 1.165) is 0 Å². The Kier molecular flexibility index (Phi) is 3.60. The number of anilines is 1. The lowest BCUT2D eigenvalue weighted by atomic mass is 10.1. The van der Waals surface area contributed by atoms with Crippen LogP contribution in [0.2, 0.25) is 0 Å². The topological polar surface area (TPSA) is 79.9 Å². The average Bonchev–Trinajstić information content (AvgIpc) is 3.19. The zero-order chi connectivity index (χ0) is 17.6. The van der Waals surface area contributed by atoms with Crippen LogP contribution >= 0.6 is 0 Å². The molecule has 1 amide bonds. The van der Waals surface area contributed by atoms with Gasteiger partial charge in [0.2, 0.25) is 5.91 Å². The molecule has 1 aliphatic rings. The van der Waals surface area contributed by atoms with E-state index in [2.05, 4.69) is 20.5 Å². The SMILES string of the molecule is COc1c(F)cccc1-c1n[nH]c2nc(NC(=O)[C@@H]3C[C@@H]3F)ccc12. The molecule has 0 bridgehead atoms. The highest BCUT2D eigenvalue weighted by Crippen LogP contribution is 2.36. The number of benzene rings is 1. The van der Waals surface area contributed by atoms with E-state index >= 15 is 0 Å². The third-order valence-corrected chi connectivity index (χ3v) is 4.15. The van der Waals surface area contributed by atoms with Gasteiger partial charge in [-0.05, 0) is 30.7 Å². The van der Waals surface area contributed by atoms with Crippen LogP contribution in [0.4, 0.5) is 14.6 Å². The second kappa shape index (κ2) is 5.80. The summed E-state index contributed by atoms with van der Waals surface area (Å²) in [5, 5.41) is 10.2. The largest absolute Gasteiger partial charge is 0.493 e. The number of alkyl halides is 1. The number of para-hydroxylation sites is 1. The van der Waals surface area contributed by atoms with E-state index in [0.29, 0.717) is 28.1 Å². The van der Waals surface area contributed by atoms with Gasteiger partial charge in [-0.3, -0.25) is 9.89 Å². The minimum absolute atomic E-state index is 0.0935. The molecular weight excluding hydrogens is 330 g/mol. The summed E-state index contributed by atoms with van der Waals surface area (Å²) in [5.74, 6) is -1.07. The first-order valence-corrected chi connectivity index (χ1v) is 7.71. The van der Waals surface area contributed by atoms with E-state index in [1.54, 1.807) is 24.3 Å². The maximum atomic E-state index is 13.9. The molecule has 128 valence electrons. The van der Waals surface area contributed by atoms with Gasteiger partial charge in [-0.1, -0.05) is 6.07 Å². The number of nitrogens with zero attached hydrogens (tertiary/aromatic N) is 2. The fourth-order valence-electron chi connectivity index (χ4n) is 2.74. The van der Waals surface area contributed by atoms with Gasteiger partial charge in [0.25, 0.3) is 0 Å². The van der Waals surface area contributed by atoms with E-state index in [1.807, 2.05) is 0 Å². The number of ether oxygens (including phenoxy) is 1. The van der Waals surface area contributed by atoms with Gasteiger partial charge in [0.15, 0.2) is 17.2 Å². The van der Waals surface area contributed by atoms with Gasteiger partial charge in [-0.15, -0.1) is 0 Å². The molecule has 0 unspecified atom stereocenters. The maximum Gasteiger partial charge on any atom is 0.231 e. The monoisotopic (exact) mass is 344 g/mol. The quantitative estimate of drug-likeness (QED) is 0.762. The van der Waals surface area contributed by atoms with Crippen molar-refractivity contribution in [1.82, 2.24) is 15.2 Å². The molecule has 8 heteroatoms. The molecule has 1 fully saturated rings. The molecule has 0 spiro atoms. The molecule has 2 heterocycles. The molecule has 1 aliphatic carbocycles. The van der Waals surface area contributed by atoms with Crippen LogP contribution < -0.4 is 10.1 Å². The van der Waals surface area contributed by atoms with Crippen molar-refractivity contribution < 1.29 is 18.3 Å². The zero-order valence-electron chi connectivity index (χ0n) is 13.2. The highest BCUT2D eigenvalue weighted by Gasteiger charge is 2.43. The number of halogens is 2. The Morgan fingerprint density at radius 1 is 1.36 bits per heavy atom. The fourth-order valence-corrected chi connectivity index (χ4v) is 2.74. The number of nitrogens with one attached hydrogen (secondary N) is 2. The van der Waals surface area contributed by atoms with E-state index in [-0.39, 0.29) is 18.1 Å². The summed E-state index contributed by atoms with van der Waals surface area (Å²) in [4.78, 5) is 16.1. The molecule has 1 saturated carbocycles. The number of amides is 1. The number of methoxy groups -OCH3 is 1. The van der Waals surface area contributed by atoms with Crippen LogP contribution in [0.15, 0.2) is 30.3 Å². The molecule has 1 aromatic carbocycles. The number of carbonyl (C=O) groups is 1. The third-order valence-electron chi connectivity index (χ3n) is 4.15. The van der Waals surface area contributed by atoms with Crippen LogP contribution in [-0.2, 0) is 4.79 Å².